The van der Waals surface area contributed by atoms with E-state index in [4.69, 9.17) is 5.11 Å². The second-order valence-electron chi connectivity index (χ2n) is 5.43. The van der Waals surface area contributed by atoms with Crippen LogP contribution in [0.1, 0.15) is 6.92 Å². The van der Waals surface area contributed by atoms with Gasteiger partial charge in [0.25, 0.3) is 0 Å². The molecule has 1 N–H and O–H groups in total. The molecule has 0 aliphatic carbocycles. The van der Waals surface area contributed by atoms with Crippen molar-refractivity contribution < 1.29 is 9.90 Å². The number of hydrogen-bond acceptors (Lipinski definition) is 1. The SMILES string of the molecule is C=C(C)C(=O)O.c1ccc(P(c2ccccc2)c2ccccc2)cc1. The molecule has 0 amide bonds. The standard InChI is InChI=1S/C18H15P.C4H6O2/c1-4-10-16(11-5-1)19(17-12-6-2-7-13-17)18-14-8-3-9-15-18;1-3(2)4(5)6/h1-15H;1H2,2H3,(H,5,6). The summed E-state index contributed by atoms with van der Waals surface area (Å²) in [6.45, 7) is 4.60. The van der Waals surface area contributed by atoms with E-state index in [-0.39, 0.29) is 5.57 Å². The number of aliphatic carboxylic acids is 1. The Morgan fingerprint density at radius 2 is 0.960 bits per heavy atom. The van der Waals surface area contributed by atoms with Crippen molar-refractivity contribution in [1.82, 2.24) is 0 Å². The number of rotatable bonds is 4. The van der Waals surface area contributed by atoms with Gasteiger partial charge in [0.2, 0.25) is 0 Å². The average molecular weight is 348 g/mol. The molecule has 0 unspecified atom stereocenters. The van der Waals surface area contributed by atoms with E-state index < -0.39 is 13.9 Å². The normalized spacial score (nSPS) is 9.84. The molecular formula is C22H21O2P. The fourth-order valence-electron chi connectivity index (χ4n) is 2.18. The Hall–Kier alpha value is -2.70. The van der Waals surface area contributed by atoms with E-state index in [1.54, 1.807) is 0 Å². The zero-order valence-electron chi connectivity index (χ0n) is 14.2. The smallest absolute Gasteiger partial charge is 0.330 e. The lowest BCUT2D eigenvalue weighted by molar-refractivity contribution is -0.132. The van der Waals surface area contributed by atoms with E-state index in [0.29, 0.717) is 0 Å². The Morgan fingerprint density at radius 1 is 0.720 bits per heavy atom. The lowest BCUT2D eigenvalue weighted by atomic mass is 10.4. The van der Waals surface area contributed by atoms with E-state index in [1.165, 1.54) is 22.8 Å². The van der Waals surface area contributed by atoms with E-state index in [0.717, 1.165) is 0 Å². The van der Waals surface area contributed by atoms with Gasteiger partial charge in [0.1, 0.15) is 0 Å². The maximum Gasteiger partial charge on any atom is 0.330 e. The van der Waals surface area contributed by atoms with Gasteiger partial charge in [0, 0.05) is 5.57 Å². The van der Waals surface area contributed by atoms with Gasteiger partial charge in [0.05, 0.1) is 0 Å². The summed E-state index contributed by atoms with van der Waals surface area (Å²) in [6, 6.07) is 32.3. The molecule has 3 heteroatoms. The lowest BCUT2D eigenvalue weighted by Gasteiger charge is -2.18. The van der Waals surface area contributed by atoms with Gasteiger partial charge in [-0.2, -0.15) is 0 Å². The lowest BCUT2D eigenvalue weighted by Crippen LogP contribution is -2.20. The molecule has 0 aliphatic rings. The molecule has 3 aromatic rings. The first-order valence-corrected chi connectivity index (χ1v) is 9.28. The predicted octanol–water partition coefficient (Wildman–Crippen LogP) is 4.09. The number of carbonyl (C=O) groups is 1. The molecule has 2 nitrogen and oxygen atoms in total. The summed E-state index contributed by atoms with van der Waals surface area (Å²) in [6.07, 6.45) is 0. The maximum absolute atomic E-state index is 9.60. The highest BCUT2D eigenvalue weighted by molar-refractivity contribution is 7.79. The maximum atomic E-state index is 9.60. The molecule has 0 heterocycles. The van der Waals surface area contributed by atoms with Gasteiger partial charge in [-0.15, -0.1) is 0 Å². The van der Waals surface area contributed by atoms with Gasteiger partial charge in [-0.25, -0.2) is 4.79 Å². The van der Waals surface area contributed by atoms with E-state index in [9.17, 15) is 4.79 Å². The van der Waals surface area contributed by atoms with Crippen LogP contribution < -0.4 is 15.9 Å². The van der Waals surface area contributed by atoms with Gasteiger partial charge < -0.3 is 5.11 Å². The van der Waals surface area contributed by atoms with E-state index >= 15 is 0 Å². The topological polar surface area (TPSA) is 37.3 Å². The number of benzene rings is 3. The van der Waals surface area contributed by atoms with Crippen LogP contribution in [0.2, 0.25) is 0 Å². The van der Waals surface area contributed by atoms with Crippen molar-refractivity contribution in [3.8, 4) is 0 Å². The molecule has 0 radical (unpaired) electrons. The molecular weight excluding hydrogens is 327 g/mol. The Balaban J connectivity index is 0.000000326. The molecule has 25 heavy (non-hydrogen) atoms. The molecule has 0 saturated carbocycles. The second-order valence-corrected chi connectivity index (χ2v) is 7.65. The van der Waals surface area contributed by atoms with Crippen LogP contribution in [0.25, 0.3) is 0 Å². The largest absolute Gasteiger partial charge is 0.478 e. The Labute approximate surface area is 150 Å². The number of carboxylic acid groups (broad SMARTS) is 1. The van der Waals surface area contributed by atoms with Crippen molar-refractivity contribution in [2.45, 2.75) is 6.92 Å². The monoisotopic (exact) mass is 348 g/mol. The minimum atomic E-state index is -0.935. The summed E-state index contributed by atoms with van der Waals surface area (Å²) in [5.41, 5.74) is 0.176. The summed E-state index contributed by atoms with van der Waals surface area (Å²) >= 11 is 0. The minimum absolute atomic E-state index is 0.176. The summed E-state index contributed by atoms with van der Waals surface area (Å²) in [7, 11) is -0.446. The molecule has 0 spiro atoms. The van der Waals surface area contributed by atoms with E-state index in [2.05, 4.69) is 97.6 Å². The van der Waals surface area contributed by atoms with Crippen LogP contribution in [0.15, 0.2) is 103 Å². The molecule has 0 aromatic heterocycles. The highest BCUT2D eigenvalue weighted by Gasteiger charge is 2.14. The van der Waals surface area contributed by atoms with Crippen LogP contribution in [0.3, 0.4) is 0 Å². The Morgan fingerprint density at radius 3 is 1.16 bits per heavy atom. The predicted molar refractivity (Wildman–Crippen MR) is 108 cm³/mol. The Kier molecular flexibility index (Phi) is 7.13. The van der Waals surface area contributed by atoms with Crippen molar-refractivity contribution in [2.75, 3.05) is 0 Å². The molecule has 0 aliphatic heterocycles. The van der Waals surface area contributed by atoms with Crippen molar-refractivity contribution in [1.29, 1.82) is 0 Å². The molecule has 3 rings (SSSR count). The quantitative estimate of drug-likeness (QED) is 0.569. The van der Waals surface area contributed by atoms with Gasteiger partial charge in [0.15, 0.2) is 0 Å². The fraction of sp³-hybridized carbons (Fsp3) is 0.0455. The van der Waals surface area contributed by atoms with Crippen LogP contribution in [0.4, 0.5) is 0 Å². The Bertz CT molecular complexity index is 693. The van der Waals surface area contributed by atoms with Crippen LogP contribution in [0.5, 0.6) is 0 Å². The first-order chi connectivity index (χ1) is 12.1. The minimum Gasteiger partial charge on any atom is -0.478 e. The van der Waals surface area contributed by atoms with Gasteiger partial charge in [-0.3, -0.25) is 0 Å². The second kappa shape index (κ2) is 9.56. The number of carboxylic acids is 1. The summed E-state index contributed by atoms with van der Waals surface area (Å²) in [5.74, 6) is -0.935. The van der Waals surface area contributed by atoms with Crippen LogP contribution >= 0.6 is 7.92 Å². The highest BCUT2D eigenvalue weighted by Crippen LogP contribution is 2.32. The summed E-state index contributed by atoms with van der Waals surface area (Å²) in [5, 5.41) is 12.1. The zero-order chi connectivity index (χ0) is 18.1. The van der Waals surface area contributed by atoms with Crippen LogP contribution in [-0.4, -0.2) is 11.1 Å². The first kappa shape index (κ1) is 18.6. The van der Waals surface area contributed by atoms with Gasteiger partial charge >= 0.3 is 5.97 Å². The molecule has 126 valence electrons. The van der Waals surface area contributed by atoms with Gasteiger partial charge in [-0.1, -0.05) is 97.6 Å². The van der Waals surface area contributed by atoms with Crippen molar-refractivity contribution in [2.24, 2.45) is 0 Å². The molecule has 0 saturated heterocycles. The fourth-order valence-corrected chi connectivity index (χ4v) is 4.48. The molecule has 0 atom stereocenters. The molecule has 3 aromatic carbocycles. The average Bonchev–Trinajstić information content (AvgIpc) is 2.65. The highest BCUT2D eigenvalue weighted by atomic mass is 31.1. The van der Waals surface area contributed by atoms with Crippen molar-refractivity contribution in [3.63, 3.8) is 0 Å². The zero-order valence-corrected chi connectivity index (χ0v) is 15.1. The van der Waals surface area contributed by atoms with Gasteiger partial charge in [-0.05, 0) is 30.8 Å². The first-order valence-electron chi connectivity index (χ1n) is 7.93. The number of hydrogen-bond donors (Lipinski definition) is 1. The van der Waals surface area contributed by atoms with Crippen LogP contribution in [-0.2, 0) is 4.79 Å². The third kappa shape index (κ3) is 5.70. The van der Waals surface area contributed by atoms with Crippen LogP contribution in [0, 0.1) is 0 Å². The third-order valence-electron chi connectivity index (χ3n) is 3.41. The summed E-state index contributed by atoms with van der Waals surface area (Å²) in [4.78, 5) is 9.60. The van der Waals surface area contributed by atoms with Crippen molar-refractivity contribution in [3.05, 3.63) is 103 Å². The van der Waals surface area contributed by atoms with Crippen molar-refractivity contribution >= 4 is 29.8 Å². The van der Waals surface area contributed by atoms with E-state index in [1.807, 2.05) is 0 Å². The third-order valence-corrected chi connectivity index (χ3v) is 5.85. The molecule has 0 bridgehead atoms. The molecule has 0 fully saturated rings. The summed E-state index contributed by atoms with van der Waals surface area (Å²) < 4.78 is 0.